The number of amides is 2. The number of aromatic nitrogens is 1. The maximum Gasteiger partial charge on any atom is 0.325 e. The molecule has 0 unspecified atom stereocenters. The molecule has 0 radical (unpaired) electrons. The lowest BCUT2D eigenvalue weighted by Crippen LogP contribution is -2.55. The molecule has 0 atom stereocenters. The number of rotatable bonds is 8. The first-order chi connectivity index (χ1) is 16.9. The predicted molar refractivity (Wildman–Crippen MR) is 134 cm³/mol. The Morgan fingerprint density at radius 1 is 1.09 bits per heavy atom. The Morgan fingerprint density at radius 2 is 1.80 bits per heavy atom. The van der Waals surface area contributed by atoms with Crippen LogP contribution >= 0.6 is 0 Å². The number of carbonyl (C=O) groups excluding carboxylic acids is 1. The zero-order valence-electron chi connectivity index (χ0n) is 21.2. The van der Waals surface area contributed by atoms with Crippen LogP contribution < -0.4 is 9.64 Å². The van der Waals surface area contributed by atoms with Gasteiger partial charge in [-0.3, -0.25) is 9.80 Å². The number of urea groups is 1. The van der Waals surface area contributed by atoms with Gasteiger partial charge in [0.15, 0.2) is 0 Å². The van der Waals surface area contributed by atoms with Crippen LogP contribution in [0.2, 0.25) is 0 Å². The van der Waals surface area contributed by atoms with Crippen molar-refractivity contribution in [1.82, 2.24) is 14.8 Å². The highest BCUT2D eigenvalue weighted by molar-refractivity contribution is 5.96. The van der Waals surface area contributed by atoms with Crippen molar-refractivity contribution in [2.75, 3.05) is 52.9 Å². The molecule has 1 aliphatic carbocycles. The van der Waals surface area contributed by atoms with E-state index in [9.17, 15) is 10.1 Å². The van der Waals surface area contributed by atoms with Crippen LogP contribution in [0.5, 0.6) is 5.88 Å². The van der Waals surface area contributed by atoms with Crippen molar-refractivity contribution in [3.05, 3.63) is 53.7 Å². The Kier molecular flexibility index (Phi) is 7.29. The molecule has 35 heavy (non-hydrogen) atoms. The molecule has 2 aliphatic rings. The van der Waals surface area contributed by atoms with Crippen molar-refractivity contribution in [2.45, 2.75) is 43.2 Å². The van der Waals surface area contributed by atoms with Gasteiger partial charge in [0.05, 0.1) is 19.2 Å². The van der Waals surface area contributed by atoms with Gasteiger partial charge in [0.2, 0.25) is 5.88 Å². The second-order valence-electron chi connectivity index (χ2n) is 9.72. The van der Waals surface area contributed by atoms with Crippen molar-refractivity contribution >= 4 is 11.7 Å². The van der Waals surface area contributed by atoms with Crippen LogP contribution in [-0.2, 0) is 10.3 Å². The van der Waals surface area contributed by atoms with Crippen molar-refractivity contribution < 1.29 is 14.3 Å². The highest BCUT2D eigenvalue weighted by Crippen LogP contribution is 2.50. The maximum absolute atomic E-state index is 13.8. The van der Waals surface area contributed by atoms with Crippen molar-refractivity contribution in [1.29, 1.82) is 5.26 Å². The zero-order valence-corrected chi connectivity index (χ0v) is 21.2. The van der Waals surface area contributed by atoms with E-state index in [2.05, 4.69) is 54.3 Å². The fourth-order valence-electron chi connectivity index (χ4n) is 5.83. The molecule has 1 aromatic heterocycles. The normalized spacial score (nSPS) is 24.3. The molecule has 1 saturated heterocycles. The number of nitriles is 1. The molecule has 2 amide bonds. The summed E-state index contributed by atoms with van der Waals surface area (Å²) in [5.74, 6) is 0.300. The van der Waals surface area contributed by atoms with Gasteiger partial charge in [-0.1, -0.05) is 30.3 Å². The van der Waals surface area contributed by atoms with E-state index in [1.165, 1.54) is 12.7 Å². The minimum atomic E-state index is -0.280. The van der Waals surface area contributed by atoms with Crippen molar-refractivity contribution in [3.63, 3.8) is 0 Å². The minimum absolute atomic E-state index is 0.0389. The van der Waals surface area contributed by atoms with Gasteiger partial charge >= 0.3 is 6.03 Å². The van der Waals surface area contributed by atoms with E-state index in [4.69, 9.17) is 9.47 Å². The first-order valence-corrected chi connectivity index (χ1v) is 12.2. The fraction of sp³-hybridized carbons (Fsp3) is 0.519. The molecule has 1 aliphatic heterocycles. The van der Waals surface area contributed by atoms with Crippen LogP contribution in [0.15, 0.2) is 42.5 Å². The number of hydrogen-bond donors (Lipinski definition) is 0. The van der Waals surface area contributed by atoms with Gasteiger partial charge in [-0.25, -0.2) is 9.78 Å². The summed E-state index contributed by atoms with van der Waals surface area (Å²) in [5, 5.41) is 9.24. The SMILES string of the molecule is COCCCN1C(=O)N(c2ccc(C#N)nc2OC)C[C@]12CC[C@@](c1ccccc1)(N(C)C)CC2. The molecular formula is C27H35N5O3. The van der Waals surface area contributed by atoms with E-state index in [1.807, 2.05) is 11.0 Å². The number of methoxy groups -OCH3 is 2. The minimum Gasteiger partial charge on any atom is -0.479 e. The molecule has 8 nitrogen and oxygen atoms in total. The second kappa shape index (κ2) is 10.2. The number of nitrogens with zero attached hydrogens (tertiary/aromatic N) is 5. The molecule has 2 heterocycles. The third-order valence-corrected chi connectivity index (χ3v) is 7.83. The number of carbonyl (C=O) groups is 1. The smallest absolute Gasteiger partial charge is 0.325 e. The molecule has 0 N–H and O–H groups in total. The lowest BCUT2D eigenvalue weighted by atomic mass is 9.68. The maximum atomic E-state index is 13.8. The van der Waals surface area contributed by atoms with E-state index in [0.29, 0.717) is 31.3 Å². The summed E-state index contributed by atoms with van der Waals surface area (Å²) in [4.78, 5) is 24.3. The van der Waals surface area contributed by atoms with E-state index >= 15 is 0 Å². The monoisotopic (exact) mass is 477 g/mol. The summed E-state index contributed by atoms with van der Waals surface area (Å²) >= 11 is 0. The predicted octanol–water partition coefficient (Wildman–Crippen LogP) is 4.01. The van der Waals surface area contributed by atoms with Crippen LogP contribution in [0.1, 0.15) is 43.4 Å². The van der Waals surface area contributed by atoms with Gasteiger partial charge in [0.25, 0.3) is 0 Å². The summed E-state index contributed by atoms with van der Waals surface area (Å²) in [5.41, 5.74) is 1.86. The topological polar surface area (TPSA) is 81.9 Å². The van der Waals surface area contributed by atoms with Gasteiger partial charge in [-0.05, 0) is 63.9 Å². The van der Waals surface area contributed by atoms with Crippen molar-refractivity contribution in [2.24, 2.45) is 0 Å². The van der Waals surface area contributed by atoms with E-state index in [1.54, 1.807) is 24.1 Å². The molecule has 186 valence electrons. The molecule has 1 saturated carbocycles. The molecule has 2 fully saturated rings. The lowest BCUT2D eigenvalue weighted by molar-refractivity contribution is 0.0240. The highest BCUT2D eigenvalue weighted by Gasteiger charge is 2.55. The van der Waals surface area contributed by atoms with Gasteiger partial charge in [-0.15, -0.1) is 0 Å². The Morgan fingerprint density at radius 3 is 2.40 bits per heavy atom. The van der Waals surface area contributed by atoms with Crippen molar-refractivity contribution in [3.8, 4) is 11.9 Å². The summed E-state index contributed by atoms with van der Waals surface area (Å²) in [6, 6.07) is 16.1. The van der Waals surface area contributed by atoms with E-state index in [-0.39, 0.29) is 22.8 Å². The number of hydrogen-bond acceptors (Lipinski definition) is 6. The van der Waals surface area contributed by atoms with Crippen LogP contribution in [0.4, 0.5) is 10.5 Å². The number of benzene rings is 1. The highest BCUT2D eigenvalue weighted by atomic mass is 16.5. The number of ether oxygens (including phenoxy) is 2. The molecule has 1 spiro atoms. The molecule has 2 aromatic rings. The third-order valence-electron chi connectivity index (χ3n) is 7.83. The summed E-state index contributed by atoms with van der Waals surface area (Å²) in [6.07, 6.45) is 4.46. The van der Waals surface area contributed by atoms with E-state index in [0.717, 1.165) is 32.1 Å². The van der Waals surface area contributed by atoms with Crippen LogP contribution in [0.25, 0.3) is 0 Å². The quantitative estimate of drug-likeness (QED) is 0.535. The Hall–Kier alpha value is -3.15. The first kappa shape index (κ1) is 25.0. The van der Waals surface area contributed by atoms with Crippen LogP contribution in [0, 0.1) is 11.3 Å². The van der Waals surface area contributed by atoms with Gasteiger partial charge in [0, 0.05) is 25.8 Å². The molecule has 1 aromatic carbocycles. The Bertz CT molecular complexity index is 1070. The molecule has 8 heteroatoms. The van der Waals surface area contributed by atoms with Gasteiger partial charge in [-0.2, -0.15) is 5.26 Å². The fourth-order valence-corrected chi connectivity index (χ4v) is 5.83. The average molecular weight is 478 g/mol. The van der Waals surface area contributed by atoms with Crippen LogP contribution in [0.3, 0.4) is 0 Å². The first-order valence-electron chi connectivity index (χ1n) is 12.2. The summed E-state index contributed by atoms with van der Waals surface area (Å²) < 4.78 is 10.8. The molecular weight excluding hydrogens is 442 g/mol. The Labute approximate surface area is 208 Å². The molecule has 0 bridgehead atoms. The number of pyridine rings is 1. The second-order valence-corrected chi connectivity index (χ2v) is 9.72. The standard InChI is InChI=1S/C27H35N5O3/c1-30(2)27(21-9-6-5-7-10-21)15-13-26(14-16-27)20-31(25(33)32(26)17-8-18-34-3)23-12-11-22(19-28)29-24(23)35-4/h5-7,9-12H,8,13-18,20H2,1-4H3/t26-,27-. The summed E-state index contributed by atoms with van der Waals surface area (Å²) in [7, 11) is 7.51. The van der Waals surface area contributed by atoms with Gasteiger partial charge < -0.3 is 14.4 Å². The van der Waals surface area contributed by atoms with Crippen LogP contribution in [-0.4, -0.2) is 74.4 Å². The number of anilines is 1. The summed E-state index contributed by atoms with van der Waals surface area (Å²) in [6.45, 7) is 1.81. The Balaban J connectivity index is 1.67. The van der Waals surface area contributed by atoms with E-state index < -0.39 is 0 Å². The third kappa shape index (κ3) is 4.46. The largest absolute Gasteiger partial charge is 0.479 e. The zero-order chi connectivity index (χ0) is 25.1. The lowest BCUT2D eigenvalue weighted by Gasteiger charge is -2.51. The molecule has 4 rings (SSSR count). The van der Waals surface area contributed by atoms with Gasteiger partial charge in [0.1, 0.15) is 17.5 Å². The average Bonchev–Trinajstić information content (AvgIpc) is 3.15.